The molecule has 0 spiro atoms. The number of hydrogen-bond acceptors (Lipinski definition) is 6. The van der Waals surface area contributed by atoms with Crippen molar-refractivity contribution in [3.8, 4) is 0 Å². The van der Waals surface area contributed by atoms with Crippen molar-refractivity contribution >= 4 is 11.6 Å². The average molecular weight is 361 g/mol. The smallest absolute Gasteiger partial charge is 0.131 e. The summed E-state index contributed by atoms with van der Waals surface area (Å²) in [4.78, 5) is 13.6. The molecule has 0 aromatic carbocycles. The fourth-order valence-corrected chi connectivity index (χ4v) is 4.46. The Morgan fingerprint density at radius 2 is 1.23 bits per heavy atom. The standard InChI is InChI=1S/C20H36N6/c1-25(2)17-9-5-7-15(11-17)23-19-13-20(22-14-21-19)24-16-8-6-10-18(12-16)26(3)4/h13-18H,5-12H2,1-4H3,(H2,21,22,23,24). The third kappa shape index (κ3) is 5.30. The molecule has 2 aliphatic carbocycles. The van der Waals surface area contributed by atoms with E-state index in [1.807, 2.05) is 0 Å². The zero-order valence-corrected chi connectivity index (χ0v) is 16.9. The van der Waals surface area contributed by atoms with Crippen LogP contribution in [-0.2, 0) is 0 Å². The minimum absolute atomic E-state index is 0.506. The predicted octanol–water partition coefficient (Wildman–Crippen LogP) is 3.05. The molecule has 3 rings (SSSR count). The SMILES string of the molecule is CN(C)C1CCCC(Nc2cc(NC3CCCC(N(C)C)C3)ncn2)C1. The summed E-state index contributed by atoms with van der Waals surface area (Å²) in [6, 6.07) is 4.44. The number of rotatable bonds is 6. The Hall–Kier alpha value is -1.40. The molecule has 0 aliphatic heterocycles. The molecular formula is C20H36N6. The van der Waals surface area contributed by atoms with E-state index in [1.54, 1.807) is 6.33 Å². The van der Waals surface area contributed by atoms with E-state index < -0.39 is 0 Å². The Labute approximate surface area is 158 Å². The summed E-state index contributed by atoms with van der Waals surface area (Å²) in [6.07, 6.45) is 11.7. The molecule has 1 heterocycles. The molecule has 4 atom stereocenters. The van der Waals surface area contributed by atoms with Gasteiger partial charge in [0.05, 0.1) is 0 Å². The van der Waals surface area contributed by atoms with Crippen LogP contribution in [0.2, 0.25) is 0 Å². The maximum absolute atomic E-state index is 4.46. The van der Waals surface area contributed by atoms with Crippen LogP contribution in [0.3, 0.4) is 0 Å². The van der Waals surface area contributed by atoms with Crippen LogP contribution in [0.25, 0.3) is 0 Å². The van der Waals surface area contributed by atoms with Crippen molar-refractivity contribution in [3.63, 3.8) is 0 Å². The van der Waals surface area contributed by atoms with Crippen molar-refractivity contribution in [2.24, 2.45) is 0 Å². The molecule has 0 radical (unpaired) electrons. The molecule has 1 aromatic heterocycles. The molecule has 2 N–H and O–H groups in total. The fourth-order valence-electron chi connectivity index (χ4n) is 4.46. The van der Waals surface area contributed by atoms with E-state index in [0.29, 0.717) is 24.2 Å². The van der Waals surface area contributed by atoms with Gasteiger partial charge >= 0.3 is 0 Å². The lowest BCUT2D eigenvalue weighted by Gasteiger charge is -2.34. The fraction of sp³-hybridized carbons (Fsp3) is 0.800. The summed E-state index contributed by atoms with van der Waals surface area (Å²) < 4.78 is 0. The Morgan fingerprint density at radius 3 is 1.65 bits per heavy atom. The van der Waals surface area contributed by atoms with Crippen molar-refractivity contribution in [1.82, 2.24) is 19.8 Å². The predicted molar refractivity (Wildman–Crippen MR) is 109 cm³/mol. The molecule has 0 bridgehead atoms. The first-order valence-electron chi connectivity index (χ1n) is 10.2. The van der Waals surface area contributed by atoms with E-state index in [0.717, 1.165) is 11.6 Å². The molecule has 2 fully saturated rings. The van der Waals surface area contributed by atoms with Crippen LogP contribution in [0.5, 0.6) is 0 Å². The van der Waals surface area contributed by atoms with Crippen molar-refractivity contribution in [1.29, 1.82) is 0 Å². The van der Waals surface area contributed by atoms with E-state index in [2.05, 4.69) is 64.7 Å². The Kier molecular flexibility index (Phi) is 6.70. The maximum atomic E-state index is 4.46. The van der Waals surface area contributed by atoms with Gasteiger partial charge in [0.15, 0.2) is 0 Å². The van der Waals surface area contributed by atoms with Gasteiger partial charge in [-0.15, -0.1) is 0 Å². The Bertz CT molecular complexity index is 516. The van der Waals surface area contributed by atoms with Crippen LogP contribution >= 0.6 is 0 Å². The normalized spacial score (nSPS) is 29.8. The molecule has 146 valence electrons. The second-order valence-corrected chi connectivity index (χ2v) is 8.54. The molecule has 2 saturated carbocycles. The molecule has 6 nitrogen and oxygen atoms in total. The van der Waals surface area contributed by atoms with E-state index in [1.165, 1.54) is 51.4 Å². The van der Waals surface area contributed by atoms with Gasteiger partial charge in [0.25, 0.3) is 0 Å². The largest absolute Gasteiger partial charge is 0.367 e. The number of aromatic nitrogens is 2. The van der Waals surface area contributed by atoms with Gasteiger partial charge in [-0.25, -0.2) is 9.97 Å². The maximum Gasteiger partial charge on any atom is 0.131 e. The average Bonchev–Trinajstić information content (AvgIpc) is 2.62. The summed E-state index contributed by atoms with van der Waals surface area (Å²) in [5, 5.41) is 7.29. The van der Waals surface area contributed by atoms with Gasteiger partial charge in [-0.05, 0) is 79.6 Å². The van der Waals surface area contributed by atoms with Crippen LogP contribution in [0.15, 0.2) is 12.4 Å². The first kappa shape index (κ1) is 19.4. The summed E-state index contributed by atoms with van der Waals surface area (Å²) >= 11 is 0. The van der Waals surface area contributed by atoms with Gasteiger partial charge in [-0.3, -0.25) is 0 Å². The van der Waals surface area contributed by atoms with E-state index in [9.17, 15) is 0 Å². The minimum atomic E-state index is 0.506. The number of hydrogen-bond donors (Lipinski definition) is 2. The van der Waals surface area contributed by atoms with Crippen molar-refractivity contribution in [3.05, 3.63) is 12.4 Å². The summed E-state index contributed by atoms with van der Waals surface area (Å²) in [5.74, 6) is 1.90. The molecule has 0 saturated heterocycles. The van der Waals surface area contributed by atoms with Gasteiger partial charge in [0.2, 0.25) is 0 Å². The van der Waals surface area contributed by atoms with Crippen LogP contribution in [0.4, 0.5) is 11.6 Å². The van der Waals surface area contributed by atoms with Crippen molar-refractivity contribution in [2.45, 2.75) is 75.5 Å². The number of nitrogens with zero attached hydrogens (tertiary/aromatic N) is 4. The van der Waals surface area contributed by atoms with Gasteiger partial charge < -0.3 is 20.4 Å². The van der Waals surface area contributed by atoms with E-state index in [-0.39, 0.29) is 0 Å². The minimum Gasteiger partial charge on any atom is -0.367 e. The Balaban J connectivity index is 1.56. The Morgan fingerprint density at radius 1 is 0.769 bits per heavy atom. The number of nitrogens with one attached hydrogen (secondary N) is 2. The lowest BCUT2D eigenvalue weighted by atomic mass is 9.90. The third-order valence-electron chi connectivity index (χ3n) is 6.12. The second kappa shape index (κ2) is 9.00. The molecule has 26 heavy (non-hydrogen) atoms. The zero-order valence-electron chi connectivity index (χ0n) is 16.9. The quantitative estimate of drug-likeness (QED) is 0.813. The van der Waals surface area contributed by atoms with Crippen molar-refractivity contribution < 1.29 is 0 Å². The summed E-state index contributed by atoms with van der Waals surface area (Å²) in [5.41, 5.74) is 0. The highest BCUT2D eigenvalue weighted by molar-refractivity contribution is 5.47. The van der Waals surface area contributed by atoms with Gasteiger partial charge in [-0.2, -0.15) is 0 Å². The van der Waals surface area contributed by atoms with E-state index in [4.69, 9.17) is 0 Å². The molecule has 4 unspecified atom stereocenters. The topological polar surface area (TPSA) is 56.3 Å². The highest BCUT2D eigenvalue weighted by atomic mass is 15.1. The van der Waals surface area contributed by atoms with Gasteiger partial charge in [-0.1, -0.05) is 0 Å². The summed E-state index contributed by atoms with van der Waals surface area (Å²) in [6.45, 7) is 0. The first-order chi connectivity index (χ1) is 12.5. The monoisotopic (exact) mass is 360 g/mol. The molecule has 0 amide bonds. The van der Waals surface area contributed by atoms with Crippen molar-refractivity contribution in [2.75, 3.05) is 38.8 Å². The molecule has 1 aromatic rings. The molecule has 6 heteroatoms. The molecule has 2 aliphatic rings. The van der Waals surface area contributed by atoms with Crippen LogP contribution < -0.4 is 10.6 Å². The third-order valence-corrected chi connectivity index (χ3v) is 6.12. The van der Waals surface area contributed by atoms with Gasteiger partial charge in [0.1, 0.15) is 18.0 Å². The first-order valence-corrected chi connectivity index (χ1v) is 10.2. The lowest BCUT2D eigenvalue weighted by molar-refractivity contribution is 0.219. The van der Waals surface area contributed by atoms with Crippen LogP contribution in [0.1, 0.15) is 51.4 Å². The van der Waals surface area contributed by atoms with E-state index >= 15 is 0 Å². The van der Waals surface area contributed by atoms with Crippen LogP contribution in [0, 0.1) is 0 Å². The highest BCUT2D eigenvalue weighted by Crippen LogP contribution is 2.26. The number of anilines is 2. The molecular weight excluding hydrogens is 324 g/mol. The second-order valence-electron chi connectivity index (χ2n) is 8.54. The lowest BCUT2D eigenvalue weighted by Crippen LogP contribution is -2.38. The highest BCUT2D eigenvalue weighted by Gasteiger charge is 2.25. The zero-order chi connectivity index (χ0) is 18.5. The summed E-state index contributed by atoms with van der Waals surface area (Å²) in [7, 11) is 8.74. The van der Waals surface area contributed by atoms with Gasteiger partial charge in [0, 0.05) is 30.2 Å². The van der Waals surface area contributed by atoms with Crippen LogP contribution in [-0.4, -0.2) is 72.1 Å².